The molecule has 2 fully saturated rings. The number of hydrogen-bond donors (Lipinski definition) is 1. The van der Waals surface area contributed by atoms with Gasteiger partial charge in [-0.25, -0.2) is 4.79 Å². The minimum atomic E-state index is -0.334. The van der Waals surface area contributed by atoms with Crippen molar-refractivity contribution in [3.63, 3.8) is 0 Å². The van der Waals surface area contributed by atoms with Gasteiger partial charge >= 0.3 is 5.97 Å². The quantitative estimate of drug-likeness (QED) is 0.659. The number of allylic oxidation sites excluding steroid dienone is 2. The van der Waals surface area contributed by atoms with Crippen molar-refractivity contribution in [3.8, 4) is 5.75 Å². The molecule has 0 spiro atoms. The fraction of sp³-hybridized carbons (Fsp3) is 0.591. The Bertz CT molecular complexity index is 738. The maximum Gasteiger partial charge on any atom is 0.344 e. The van der Waals surface area contributed by atoms with Gasteiger partial charge in [-0.05, 0) is 68.2 Å². The third kappa shape index (κ3) is 2.84. The summed E-state index contributed by atoms with van der Waals surface area (Å²) in [6.07, 6.45) is 7.36. The molecule has 0 bridgehead atoms. The lowest BCUT2D eigenvalue weighted by molar-refractivity contribution is -0.145. The molecule has 1 aromatic carbocycles. The number of benzene rings is 1. The molecule has 0 radical (unpaired) electrons. The molecule has 1 aromatic rings. The zero-order chi connectivity index (χ0) is 18.3. The largest absolute Gasteiger partial charge is 0.482 e. The van der Waals surface area contributed by atoms with Crippen LogP contribution in [0.2, 0.25) is 0 Å². The third-order valence-corrected chi connectivity index (χ3v) is 6.77. The van der Waals surface area contributed by atoms with Crippen LogP contribution in [0.4, 0.5) is 0 Å². The number of rotatable bonds is 4. The molecule has 1 N–H and O–H groups in total. The van der Waals surface area contributed by atoms with E-state index < -0.39 is 0 Å². The molecule has 4 atom stereocenters. The van der Waals surface area contributed by atoms with Crippen molar-refractivity contribution in [2.45, 2.75) is 58.0 Å². The monoisotopic (exact) mass is 356 g/mol. The molecule has 0 unspecified atom stereocenters. The van der Waals surface area contributed by atoms with Gasteiger partial charge in [-0.2, -0.15) is 0 Å². The molecule has 0 saturated heterocycles. The number of fused-ring (bicyclic) bond motifs is 5. The van der Waals surface area contributed by atoms with Crippen LogP contribution in [-0.4, -0.2) is 30.4 Å². The van der Waals surface area contributed by atoms with E-state index in [-0.39, 0.29) is 24.1 Å². The maximum atomic E-state index is 11.5. The van der Waals surface area contributed by atoms with Crippen LogP contribution in [0.3, 0.4) is 0 Å². The molecular weight excluding hydrogens is 328 g/mol. The highest BCUT2D eigenvalue weighted by atomic mass is 16.6. The molecular formula is C22H28O4. The molecule has 3 aliphatic rings. The molecule has 4 nitrogen and oxygen atoms in total. The van der Waals surface area contributed by atoms with Crippen molar-refractivity contribution in [2.75, 3.05) is 13.2 Å². The lowest BCUT2D eigenvalue weighted by atomic mass is 9.59. The van der Waals surface area contributed by atoms with Crippen molar-refractivity contribution in [3.05, 3.63) is 41.0 Å². The SMILES string of the molecule is CCOC(=O)COc1ccc2c(c1)CC=C1[C@@H]2CC[C@]2(C)[C@H](O)CC[C@@H]12. The predicted octanol–water partition coefficient (Wildman–Crippen LogP) is 3.77. The Morgan fingerprint density at radius 2 is 2.15 bits per heavy atom. The van der Waals surface area contributed by atoms with Gasteiger partial charge in [-0.1, -0.05) is 24.6 Å². The van der Waals surface area contributed by atoms with E-state index in [0.29, 0.717) is 18.4 Å². The van der Waals surface area contributed by atoms with Crippen LogP contribution in [0.15, 0.2) is 29.8 Å². The Balaban J connectivity index is 1.52. The van der Waals surface area contributed by atoms with Gasteiger partial charge in [-0.3, -0.25) is 0 Å². The summed E-state index contributed by atoms with van der Waals surface area (Å²) in [5, 5.41) is 10.5. The number of aliphatic hydroxyl groups is 1. The highest BCUT2D eigenvalue weighted by Gasteiger charge is 2.51. The van der Waals surface area contributed by atoms with Crippen LogP contribution in [0.25, 0.3) is 0 Å². The normalized spacial score (nSPS) is 32.1. The van der Waals surface area contributed by atoms with Crippen LogP contribution < -0.4 is 4.74 Å². The van der Waals surface area contributed by atoms with E-state index in [1.165, 1.54) is 11.1 Å². The smallest absolute Gasteiger partial charge is 0.344 e. The molecule has 4 heteroatoms. The van der Waals surface area contributed by atoms with E-state index in [2.05, 4.69) is 25.1 Å². The Morgan fingerprint density at radius 3 is 2.96 bits per heavy atom. The Morgan fingerprint density at radius 1 is 1.31 bits per heavy atom. The summed E-state index contributed by atoms with van der Waals surface area (Å²) in [6.45, 7) is 4.39. The molecule has 4 rings (SSSR count). The maximum absolute atomic E-state index is 11.5. The number of esters is 1. The number of carbonyl (C=O) groups is 1. The second-order valence-corrected chi connectivity index (χ2v) is 8.11. The van der Waals surface area contributed by atoms with Crippen molar-refractivity contribution in [1.29, 1.82) is 0 Å². The highest BCUT2D eigenvalue weighted by molar-refractivity contribution is 5.71. The third-order valence-electron chi connectivity index (χ3n) is 6.77. The van der Waals surface area contributed by atoms with Gasteiger partial charge in [0.05, 0.1) is 12.7 Å². The second kappa shape index (κ2) is 6.73. The molecule has 140 valence electrons. The number of ether oxygens (including phenoxy) is 2. The minimum Gasteiger partial charge on any atom is -0.482 e. The Labute approximate surface area is 155 Å². The molecule has 0 aromatic heterocycles. The van der Waals surface area contributed by atoms with Crippen LogP contribution in [0, 0.1) is 11.3 Å². The average Bonchev–Trinajstić information content (AvgIpc) is 2.95. The first-order valence-electron chi connectivity index (χ1n) is 9.82. The molecule has 3 aliphatic carbocycles. The van der Waals surface area contributed by atoms with Gasteiger partial charge in [0.1, 0.15) is 5.75 Å². The minimum absolute atomic E-state index is 0.0462. The second-order valence-electron chi connectivity index (χ2n) is 8.11. The first kappa shape index (κ1) is 17.6. The summed E-state index contributed by atoms with van der Waals surface area (Å²) in [4.78, 5) is 11.5. The summed E-state index contributed by atoms with van der Waals surface area (Å²) >= 11 is 0. The summed E-state index contributed by atoms with van der Waals surface area (Å²) < 4.78 is 10.5. The standard InChI is InChI=1S/C22H28O4/c1-3-25-21(24)13-26-15-5-7-16-14(12-15)4-6-18-17(16)10-11-22(2)19(18)8-9-20(22)23/h5-7,12,17,19-20,23H,3-4,8-11,13H2,1-2H3/t17-,19+,20-,22+/m1/s1. The zero-order valence-electron chi connectivity index (χ0n) is 15.7. The van der Waals surface area contributed by atoms with E-state index in [0.717, 1.165) is 37.9 Å². The summed E-state index contributed by atoms with van der Waals surface area (Å²) in [5.41, 5.74) is 4.29. The van der Waals surface area contributed by atoms with Crippen LogP contribution in [0.1, 0.15) is 56.6 Å². The van der Waals surface area contributed by atoms with E-state index in [1.54, 1.807) is 12.5 Å². The van der Waals surface area contributed by atoms with Gasteiger partial charge in [0.25, 0.3) is 0 Å². The summed E-state index contributed by atoms with van der Waals surface area (Å²) in [6, 6.07) is 6.21. The van der Waals surface area contributed by atoms with Gasteiger partial charge in [0.15, 0.2) is 6.61 Å². The van der Waals surface area contributed by atoms with Gasteiger partial charge in [-0.15, -0.1) is 0 Å². The van der Waals surface area contributed by atoms with Crippen molar-refractivity contribution in [2.24, 2.45) is 11.3 Å². The number of aliphatic hydroxyl groups excluding tert-OH is 1. The van der Waals surface area contributed by atoms with Crippen LogP contribution in [-0.2, 0) is 16.0 Å². The predicted molar refractivity (Wildman–Crippen MR) is 99.2 cm³/mol. The van der Waals surface area contributed by atoms with E-state index in [4.69, 9.17) is 9.47 Å². The van der Waals surface area contributed by atoms with Gasteiger partial charge in [0, 0.05) is 11.3 Å². The molecule has 0 aliphatic heterocycles. The fourth-order valence-corrected chi connectivity index (χ4v) is 5.35. The van der Waals surface area contributed by atoms with Crippen molar-refractivity contribution < 1.29 is 19.4 Å². The first-order valence-corrected chi connectivity index (χ1v) is 9.82. The fourth-order valence-electron chi connectivity index (χ4n) is 5.35. The zero-order valence-corrected chi connectivity index (χ0v) is 15.7. The van der Waals surface area contributed by atoms with Crippen LogP contribution >= 0.6 is 0 Å². The highest BCUT2D eigenvalue weighted by Crippen LogP contribution is 2.59. The number of carbonyl (C=O) groups excluding carboxylic acids is 1. The van der Waals surface area contributed by atoms with E-state index in [1.807, 2.05) is 6.07 Å². The topological polar surface area (TPSA) is 55.8 Å². The van der Waals surface area contributed by atoms with Gasteiger partial charge < -0.3 is 14.6 Å². The molecule has 0 amide bonds. The van der Waals surface area contributed by atoms with Crippen molar-refractivity contribution >= 4 is 5.97 Å². The van der Waals surface area contributed by atoms with Crippen molar-refractivity contribution in [1.82, 2.24) is 0 Å². The van der Waals surface area contributed by atoms with Crippen LogP contribution in [0.5, 0.6) is 5.75 Å². The molecule has 0 heterocycles. The molecule has 2 saturated carbocycles. The average molecular weight is 356 g/mol. The number of hydrogen-bond acceptors (Lipinski definition) is 4. The lowest BCUT2D eigenvalue weighted by Crippen LogP contribution is -2.39. The first-order chi connectivity index (χ1) is 12.5. The Hall–Kier alpha value is -1.81. The molecule has 26 heavy (non-hydrogen) atoms. The van der Waals surface area contributed by atoms with Gasteiger partial charge in [0.2, 0.25) is 0 Å². The summed E-state index contributed by atoms with van der Waals surface area (Å²) in [5.74, 6) is 1.38. The Kier molecular flexibility index (Phi) is 4.55. The summed E-state index contributed by atoms with van der Waals surface area (Å²) in [7, 11) is 0. The van der Waals surface area contributed by atoms with E-state index >= 15 is 0 Å². The van der Waals surface area contributed by atoms with E-state index in [9.17, 15) is 9.90 Å². The lowest BCUT2D eigenvalue weighted by Gasteiger charge is -2.46.